The molecule has 3 aromatic rings. The molecule has 0 fully saturated rings. The van der Waals surface area contributed by atoms with Gasteiger partial charge in [-0.25, -0.2) is 0 Å². The first-order chi connectivity index (χ1) is 17.8. The number of methoxy groups -OCH3 is 2. The van der Waals surface area contributed by atoms with Crippen molar-refractivity contribution < 1.29 is 39.5 Å². The van der Waals surface area contributed by atoms with Crippen molar-refractivity contribution in [2.45, 2.75) is 38.2 Å². The molecule has 0 saturated heterocycles. The number of ether oxygens (including phenoxy) is 2. The number of Topliss-reactive ketones (excluding diaryl/α,β-unsaturated/α-hetero) is 2. The molecular weight excluding hydrogens is 512 g/mol. The Morgan fingerprint density at radius 3 is 2.16 bits per heavy atom. The van der Waals surface area contributed by atoms with Gasteiger partial charge in [0, 0.05) is 34.7 Å². The van der Waals surface area contributed by atoms with Gasteiger partial charge >= 0.3 is 0 Å². The molecule has 0 aliphatic heterocycles. The molecule has 0 spiro atoms. The molecule has 0 unspecified atom stereocenters. The molecule has 9 heteroatoms. The SMILES string of the molecule is COc1cc2c(c(-c3c(O)cc(OC)c(Cl)c3C)c1)C(=O)[C@@]1(O)C(=O)c3c(O)cc(O)cc3C(C)(C)[C@H]1C2. The monoisotopic (exact) mass is 538 g/mol. The highest BCUT2D eigenvalue weighted by molar-refractivity contribution is 6.33. The zero-order valence-corrected chi connectivity index (χ0v) is 22.2. The van der Waals surface area contributed by atoms with E-state index in [0.717, 1.165) is 6.07 Å². The van der Waals surface area contributed by atoms with Crippen molar-refractivity contribution in [2.75, 3.05) is 14.2 Å². The number of halogens is 1. The highest BCUT2D eigenvalue weighted by Gasteiger charge is 2.63. The number of rotatable bonds is 3. The summed E-state index contributed by atoms with van der Waals surface area (Å²) in [6.07, 6.45) is 0.0973. The predicted octanol–water partition coefficient (Wildman–Crippen LogP) is 4.71. The van der Waals surface area contributed by atoms with Gasteiger partial charge in [0.2, 0.25) is 11.6 Å². The summed E-state index contributed by atoms with van der Waals surface area (Å²) in [6, 6.07) is 6.94. The standard InChI is InChI=1S/C29H27ClO8/c1-12-22(19(33)11-20(38-5)25(12)30)16-10-15(37-4)6-13-7-21-28(2,3)17-8-14(31)9-18(32)24(17)27(35)29(21,36)26(34)23(13)16/h6,8-11,21,31-33,36H,7H2,1-5H3/t21-,29-/m1/s1. The lowest BCUT2D eigenvalue weighted by Gasteiger charge is -2.51. The maximum atomic E-state index is 14.3. The van der Waals surface area contributed by atoms with E-state index in [9.17, 15) is 30.0 Å². The van der Waals surface area contributed by atoms with Gasteiger partial charge in [0.1, 0.15) is 28.7 Å². The fourth-order valence-electron chi connectivity index (χ4n) is 6.14. The Hall–Kier alpha value is -3.75. The summed E-state index contributed by atoms with van der Waals surface area (Å²) in [7, 11) is 2.88. The molecule has 4 N–H and O–H groups in total. The second kappa shape index (κ2) is 8.38. The van der Waals surface area contributed by atoms with E-state index in [-0.39, 0.29) is 50.9 Å². The Kier molecular flexibility index (Phi) is 5.71. The molecule has 38 heavy (non-hydrogen) atoms. The van der Waals surface area contributed by atoms with E-state index in [1.54, 1.807) is 32.9 Å². The third-order valence-corrected chi connectivity index (χ3v) is 8.58. The van der Waals surface area contributed by atoms with E-state index in [4.69, 9.17) is 21.1 Å². The van der Waals surface area contributed by atoms with Gasteiger partial charge in [-0.1, -0.05) is 25.4 Å². The van der Waals surface area contributed by atoms with Gasteiger partial charge < -0.3 is 29.9 Å². The van der Waals surface area contributed by atoms with Crippen molar-refractivity contribution in [3.8, 4) is 39.9 Å². The molecule has 2 atom stereocenters. The van der Waals surface area contributed by atoms with Crippen LogP contribution in [0, 0.1) is 12.8 Å². The molecule has 8 nitrogen and oxygen atoms in total. The van der Waals surface area contributed by atoms with Crippen molar-refractivity contribution in [1.82, 2.24) is 0 Å². The van der Waals surface area contributed by atoms with E-state index >= 15 is 0 Å². The van der Waals surface area contributed by atoms with E-state index in [2.05, 4.69) is 0 Å². The lowest BCUT2D eigenvalue weighted by atomic mass is 9.52. The first kappa shape index (κ1) is 25.9. The first-order valence-corrected chi connectivity index (χ1v) is 12.3. The number of hydrogen-bond donors (Lipinski definition) is 4. The van der Waals surface area contributed by atoms with Gasteiger partial charge in [-0.3, -0.25) is 9.59 Å². The van der Waals surface area contributed by atoms with Gasteiger partial charge in [-0.15, -0.1) is 0 Å². The van der Waals surface area contributed by atoms with Crippen LogP contribution in [0.4, 0.5) is 0 Å². The number of phenolic OH excluding ortho intramolecular Hbond substituents is 3. The molecule has 0 saturated carbocycles. The highest BCUT2D eigenvalue weighted by atomic mass is 35.5. The number of aliphatic hydroxyl groups is 1. The highest BCUT2D eigenvalue weighted by Crippen LogP contribution is 2.55. The first-order valence-electron chi connectivity index (χ1n) is 11.9. The molecule has 0 heterocycles. The average molecular weight is 539 g/mol. The minimum atomic E-state index is -2.51. The summed E-state index contributed by atoms with van der Waals surface area (Å²) < 4.78 is 10.8. The molecule has 0 bridgehead atoms. The fraction of sp³-hybridized carbons (Fsp3) is 0.310. The molecule has 2 aliphatic carbocycles. The molecule has 2 aliphatic rings. The van der Waals surface area contributed by atoms with E-state index in [0.29, 0.717) is 22.4 Å². The van der Waals surface area contributed by atoms with Crippen LogP contribution in [0.25, 0.3) is 11.1 Å². The summed E-state index contributed by atoms with van der Waals surface area (Å²) >= 11 is 6.49. The van der Waals surface area contributed by atoms with E-state index < -0.39 is 34.2 Å². The Morgan fingerprint density at radius 1 is 0.895 bits per heavy atom. The predicted molar refractivity (Wildman–Crippen MR) is 140 cm³/mol. The number of hydrogen-bond acceptors (Lipinski definition) is 8. The van der Waals surface area contributed by atoms with Crippen molar-refractivity contribution in [3.63, 3.8) is 0 Å². The summed E-state index contributed by atoms with van der Waals surface area (Å²) in [5.41, 5.74) is -1.93. The lowest BCUT2D eigenvalue weighted by Crippen LogP contribution is -2.64. The summed E-state index contributed by atoms with van der Waals surface area (Å²) in [6.45, 7) is 5.17. The number of phenols is 3. The summed E-state index contributed by atoms with van der Waals surface area (Å²) in [5.74, 6) is -3.05. The second-order valence-electron chi connectivity index (χ2n) is 10.4. The second-order valence-corrected chi connectivity index (χ2v) is 10.8. The number of fused-ring (bicyclic) bond motifs is 3. The average Bonchev–Trinajstić information content (AvgIpc) is 2.86. The van der Waals surface area contributed by atoms with E-state index in [1.165, 1.54) is 26.4 Å². The molecular formula is C29H27ClO8. The largest absolute Gasteiger partial charge is 0.508 e. The summed E-state index contributed by atoms with van der Waals surface area (Å²) in [5, 5.41) is 44.0. The molecule has 0 radical (unpaired) electrons. The van der Waals surface area contributed by atoms with Crippen molar-refractivity contribution in [3.05, 3.63) is 63.2 Å². The van der Waals surface area contributed by atoms with Crippen LogP contribution >= 0.6 is 11.6 Å². The normalized spacial score (nSPS) is 21.4. The van der Waals surface area contributed by atoms with Crippen molar-refractivity contribution >= 4 is 23.2 Å². The molecule has 5 rings (SSSR count). The topological polar surface area (TPSA) is 134 Å². The van der Waals surface area contributed by atoms with Crippen LogP contribution in [-0.4, -0.2) is 51.8 Å². The Morgan fingerprint density at radius 2 is 1.53 bits per heavy atom. The number of aromatic hydroxyl groups is 3. The summed E-state index contributed by atoms with van der Waals surface area (Å²) in [4.78, 5) is 28.1. The van der Waals surface area contributed by atoms with Gasteiger partial charge in [-0.05, 0) is 53.6 Å². The quantitative estimate of drug-likeness (QED) is 0.352. The minimum Gasteiger partial charge on any atom is -0.508 e. The van der Waals surface area contributed by atoms with E-state index in [1.807, 2.05) is 0 Å². The Labute approximate surface area is 224 Å². The zero-order chi connectivity index (χ0) is 27.9. The molecule has 198 valence electrons. The van der Waals surface area contributed by atoms with Gasteiger partial charge in [0.25, 0.3) is 0 Å². The third kappa shape index (κ3) is 3.26. The zero-order valence-electron chi connectivity index (χ0n) is 21.5. The van der Waals surface area contributed by atoms with Crippen LogP contribution < -0.4 is 9.47 Å². The number of benzene rings is 3. The number of ketones is 2. The van der Waals surface area contributed by atoms with Crippen molar-refractivity contribution in [2.24, 2.45) is 5.92 Å². The van der Waals surface area contributed by atoms with Gasteiger partial charge in [-0.2, -0.15) is 0 Å². The van der Waals surface area contributed by atoms with Crippen LogP contribution in [0.5, 0.6) is 28.7 Å². The van der Waals surface area contributed by atoms with Crippen LogP contribution in [-0.2, 0) is 11.8 Å². The van der Waals surface area contributed by atoms with Crippen LogP contribution in [0.2, 0.25) is 5.02 Å². The van der Waals surface area contributed by atoms with Gasteiger partial charge in [0.15, 0.2) is 5.60 Å². The minimum absolute atomic E-state index is 0.0510. The Bertz CT molecular complexity index is 1560. The maximum absolute atomic E-state index is 14.3. The van der Waals surface area contributed by atoms with Crippen LogP contribution in [0.15, 0.2) is 30.3 Å². The van der Waals surface area contributed by atoms with Gasteiger partial charge in [0.05, 0.1) is 24.8 Å². The smallest absolute Gasteiger partial charge is 0.206 e. The lowest BCUT2D eigenvalue weighted by molar-refractivity contribution is -0.0202. The van der Waals surface area contributed by atoms with Crippen molar-refractivity contribution in [1.29, 1.82) is 0 Å². The third-order valence-electron chi connectivity index (χ3n) is 8.11. The van der Waals surface area contributed by atoms with Crippen LogP contribution in [0.1, 0.15) is 51.3 Å². The number of carbonyl (C=O) groups is 2. The molecule has 0 amide bonds. The molecule has 3 aromatic carbocycles. The maximum Gasteiger partial charge on any atom is 0.206 e. The Balaban J connectivity index is 1.83. The number of carbonyl (C=O) groups excluding carboxylic acids is 2. The molecule has 0 aromatic heterocycles. The van der Waals surface area contributed by atoms with Crippen LogP contribution in [0.3, 0.4) is 0 Å². The fourth-order valence-corrected chi connectivity index (χ4v) is 6.37.